The van der Waals surface area contributed by atoms with Crippen molar-refractivity contribution in [2.75, 3.05) is 17.7 Å². The second-order valence-electron chi connectivity index (χ2n) is 5.51. The van der Waals surface area contributed by atoms with E-state index in [-0.39, 0.29) is 5.91 Å². The summed E-state index contributed by atoms with van der Waals surface area (Å²) in [6, 6.07) is 6.85. The molecule has 1 aromatic heterocycles. The van der Waals surface area contributed by atoms with Gasteiger partial charge in [0.15, 0.2) is 0 Å². The summed E-state index contributed by atoms with van der Waals surface area (Å²) in [5.41, 5.74) is 2.26. The van der Waals surface area contributed by atoms with Gasteiger partial charge in [-0.25, -0.2) is 4.98 Å². The first-order valence-corrected chi connectivity index (χ1v) is 8.54. The number of anilines is 3. The predicted molar refractivity (Wildman–Crippen MR) is 111 cm³/mol. The lowest BCUT2D eigenvalue weighted by atomic mass is 10.1. The number of carbonyl (C=O) groups is 1. The second-order valence-corrected chi connectivity index (χ2v) is 5.92. The minimum absolute atomic E-state index is 0.308. The summed E-state index contributed by atoms with van der Waals surface area (Å²) in [7, 11) is 1.78. The Hall–Kier alpha value is -3.19. The summed E-state index contributed by atoms with van der Waals surface area (Å²) in [5.74, 6) is 0.742. The number of aliphatic imine (C=N–C) groups is 1. The Balaban J connectivity index is 2.28. The highest BCUT2D eigenvalue weighted by molar-refractivity contribution is 6.34. The largest absolute Gasteiger partial charge is 0.373 e. The van der Waals surface area contributed by atoms with E-state index >= 15 is 0 Å². The Bertz CT molecular complexity index is 907. The van der Waals surface area contributed by atoms with Crippen molar-refractivity contribution in [2.45, 2.75) is 13.8 Å². The van der Waals surface area contributed by atoms with Gasteiger partial charge in [-0.05, 0) is 44.8 Å². The molecular formula is C19H21ClN6O. The SMILES string of the molecule is C=N/C=C(\C=C/C)NC(=O)c1cc(Nc2nc(C)cc(NC)n2)ccc1Cl. The van der Waals surface area contributed by atoms with Gasteiger partial charge in [0, 0.05) is 30.7 Å². The summed E-state index contributed by atoms with van der Waals surface area (Å²) in [6.45, 7) is 7.10. The number of hydrogen-bond donors (Lipinski definition) is 3. The number of carbonyl (C=O) groups excluding carboxylic acids is 1. The normalized spacial score (nSPS) is 11.3. The number of aryl methyl sites for hydroxylation is 1. The van der Waals surface area contributed by atoms with Gasteiger partial charge in [-0.3, -0.25) is 9.79 Å². The fourth-order valence-corrected chi connectivity index (χ4v) is 2.46. The van der Waals surface area contributed by atoms with Crippen LogP contribution in [0.2, 0.25) is 5.02 Å². The molecule has 0 unspecified atom stereocenters. The predicted octanol–water partition coefficient (Wildman–Crippen LogP) is 4.07. The third-order valence-corrected chi connectivity index (χ3v) is 3.74. The highest BCUT2D eigenvalue weighted by Crippen LogP contribution is 2.23. The van der Waals surface area contributed by atoms with Crippen LogP contribution in [0.3, 0.4) is 0 Å². The molecular weight excluding hydrogens is 364 g/mol. The molecule has 0 radical (unpaired) electrons. The van der Waals surface area contributed by atoms with Gasteiger partial charge in [0.1, 0.15) is 5.82 Å². The van der Waals surface area contributed by atoms with E-state index in [0.29, 0.717) is 33.7 Å². The number of nitrogens with one attached hydrogen (secondary N) is 3. The van der Waals surface area contributed by atoms with Crippen molar-refractivity contribution in [3.63, 3.8) is 0 Å². The van der Waals surface area contributed by atoms with Crippen molar-refractivity contribution in [3.05, 3.63) is 64.6 Å². The fraction of sp³-hybridized carbons (Fsp3) is 0.158. The van der Waals surface area contributed by atoms with Crippen molar-refractivity contribution in [1.82, 2.24) is 15.3 Å². The smallest absolute Gasteiger partial charge is 0.257 e. The van der Waals surface area contributed by atoms with Gasteiger partial charge in [-0.15, -0.1) is 0 Å². The maximum absolute atomic E-state index is 12.6. The molecule has 0 spiro atoms. The van der Waals surface area contributed by atoms with E-state index in [2.05, 4.69) is 37.6 Å². The van der Waals surface area contributed by atoms with E-state index in [4.69, 9.17) is 11.6 Å². The molecule has 0 aliphatic rings. The van der Waals surface area contributed by atoms with Crippen LogP contribution in [0.25, 0.3) is 0 Å². The maximum atomic E-state index is 12.6. The number of hydrogen-bond acceptors (Lipinski definition) is 6. The van der Waals surface area contributed by atoms with Crippen molar-refractivity contribution in [1.29, 1.82) is 0 Å². The molecule has 2 rings (SSSR count). The number of nitrogens with zero attached hydrogens (tertiary/aromatic N) is 3. The molecule has 2 aromatic rings. The van der Waals surface area contributed by atoms with Gasteiger partial charge in [0.05, 0.1) is 16.3 Å². The molecule has 0 bridgehead atoms. The summed E-state index contributed by atoms with van der Waals surface area (Å²) < 4.78 is 0. The zero-order valence-corrected chi connectivity index (χ0v) is 16.1. The van der Waals surface area contributed by atoms with Gasteiger partial charge in [0.2, 0.25) is 5.95 Å². The molecule has 0 atom stereocenters. The standard InChI is InChI=1S/C19H21ClN6O/c1-5-6-14(11-21-3)24-18(27)15-10-13(7-8-16(15)20)25-19-23-12(2)9-17(22-4)26-19/h5-11H,3H2,1-2,4H3,(H,24,27)(H2,22,23,25,26)/b6-5-,14-11+. The van der Waals surface area contributed by atoms with Crippen LogP contribution in [0.15, 0.2) is 53.3 Å². The Morgan fingerprint density at radius 1 is 1.30 bits per heavy atom. The van der Waals surface area contributed by atoms with Crippen LogP contribution in [-0.2, 0) is 0 Å². The van der Waals surface area contributed by atoms with E-state index in [1.807, 2.05) is 19.9 Å². The molecule has 140 valence electrons. The molecule has 7 nitrogen and oxygen atoms in total. The van der Waals surface area contributed by atoms with Crippen molar-refractivity contribution < 1.29 is 4.79 Å². The van der Waals surface area contributed by atoms with E-state index in [9.17, 15) is 4.79 Å². The molecule has 0 saturated heterocycles. The first-order valence-electron chi connectivity index (χ1n) is 8.17. The minimum Gasteiger partial charge on any atom is -0.373 e. The first-order chi connectivity index (χ1) is 13.0. The zero-order valence-electron chi connectivity index (χ0n) is 15.4. The first kappa shape index (κ1) is 20.1. The summed E-state index contributed by atoms with van der Waals surface area (Å²) in [6.07, 6.45) is 4.95. The fourth-order valence-electron chi connectivity index (χ4n) is 2.25. The Labute approximate surface area is 163 Å². The number of allylic oxidation sites excluding steroid dienone is 2. The average molecular weight is 385 g/mol. The van der Waals surface area contributed by atoms with Gasteiger partial charge in [-0.2, -0.15) is 4.98 Å². The molecule has 1 heterocycles. The number of halogens is 1. The molecule has 0 aliphatic carbocycles. The lowest BCUT2D eigenvalue weighted by molar-refractivity contribution is 0.0967. The lowest BCUT2D eigenvalue weighted by Crippen LogP contribution is -2.22. The molecule has 3 N–H and O–H groups in total. The second kappa shape index (κ2) is 9.49. The summed E-state index contributed by atoms with van der Waals surface area (Å²) in [5, 5.41) is 9.13. The van der Waals surface area contributed by atoms with E-state index < -0.39 is 0 Å². The number of rotatable bonds is 7. The number of benzene rings is 1. The van der Waals surface area contributed by atoms with Crippen molar-refractivity contribution in [3.8, 4) is 0 Å². The molecule has 0 aliphatic heterocycles. The maximum Gasteiger partial charge on any atom is 0.257 e. The van der Waals surface area contributed by atoms with Crippen molar-refractivity contribution >= 4 is 41.7 Å². The average Bonchev–Trinajstić information content (AvgIpc) is 2.63. The van der Waals surface area contributed by atoms with Gasteiger partial charge in [-0.1, -0.05) is 17.7 Å². The molecule has 0 fully saturated rings. The van der Waals surface area contributed by atoms with Crippen LogP contribution in [0.5, 0.6) is 0 Å². The third kappa shape index (κ3) is 5.65. The minimum atomic E-state index is -0.363. The monoisotopic (exact) mass is 384 g/mol. The Kier molecular flexibility index (Phi) is 7.08. The zero-order chi connectivity index (χ0) is 19.8. The molecule has 1 aromatic carbocycles. The summed E-state index contributed by atoms with van der Waals surface area (Å²) in [4.78, 5) is 24.9. The molecule has 27 heavy (non-hydrogen) atoms. The number of aromatic nitrogens is 2. The molecule has 0 saturated carbocycles. The van der Waals surface area contributed by atoms with E-state index in [0.717, 1.165) is 5.69 Å². The topological polar surface area (TPSA) is 91.3 Å². The van der Waals surface area contributed by atoms with Crippen molar-refractivity contribution in [2.24, 2.45) is 4.99 Å². The number of amides is 1. The van der Waals surface area contributed by atoms with Crippen LogP contribution in [0.1, 0.15) is 23.0 Å². The van der Waals surface area contributed by atoms with Crippen LogP contribution >= 0.6 is 11.6 Å². The Morgan fingerprint density at radius 2 is 2.07 bits per heavy atom. The van der Waals surface area contributed by atoms with E-state index in [1.54, 1.807) is 37.4 Å². The van der Waals surface area contributed by atoms with Gasteiger partial charge >= 0.3 is 0 Å². The van der Waals surface area contributed by atoms with Crippen LogP contribution < -0.4 is 16.0 Å². The Morgan fingerprint density at radius 3 is 2.74 bits per heavy atom. The lowest BCUT2D eigenvalue weighted by Gasteiger charge is -2.11. The summed E-state index contributed by atoms with van der Waals surface area (Å²) >= 11 is 6.20. The highest BCUT2D eigenvalue weighted by atomic mass is 35.5. The third-order valence-electron chi connectivity index (χ3n) is 3.41. The van der Waals surface area contributed by atoms with Crippen LogP contribution in [0.4, 0.5) is 17.5 Å². The van der Waals surface area contributed by atoms with Gasteiger partial charge < -0.3 is 16.0 Å². The van der Waals surface area contributed by atoms with E-state index in [1.165, 1.54) is 6.20 Å². The molecule has 1 amide bonds. The van der Waals surface area contributed by atoms with Crippen LogP contribution in [0, 0.1) is 6.92 Å². The van der Waals surface area contributed by atoms with Gasteiger partial charge in [0.25, 0.3) is 5.91 Å². The highest BCUT2D eigenvalue weighted by Gasteiger charge is 2.13. The van der Waals surface area contributed by atoms with Crippen LogP contribution in [-0.4, -0.2) is 29.6 Å². The quantitative estimate of drug-likeness (QED) is 0.494. The molecule has 8 heteroatoms.